The van der Waals surface area contributed by atoms with Gasteiger partial charge in [0.2, 0.25) is 5.78 Å². The maximum Gasteiger partial charge on any atom is 0.221 e. The van der Waals surface area contributed by atoms with E-state index in [9.17, 15) is 9.90 Å². The zero-order chi connectivity index (χ0) is 13.4. The van der Waals surface area contributed by atoms with Gasteiger partial charge in [-0.25, -0.2) is 4.98 Å². The van der Waals surface area contributed by atoms with E-state index < -0.39 is 0 Å². The number of aromatic nitrogens is 1. The molecule has 3 rings (SSSR count). The summed E-state index contributed by atoms with van der Waals surface area (Å²) >= 11 is 1.30. The van der Waals surface area contributed by atoms with E-state index in [1.165, 1.54) is 11.3 Å². The van der Waals surface area contributed by atoms with Crippen molar-refractivity contribution in [2.75, 3.05) is 0 Å². The van der Waals surface area contributed by atoms with Gasteiger partial charge in [0.05, 0.1) is 10.2 Å². The van der Waals surface area contributed by atoms with E-state index in [0.717, 1.165) is 15.8 Å². The Morgan fingerprint density at radius 2 is 1.89 bits per heavy atom. The van der Waals surface area contributed by atoms with Gasteiger partial charge in [0.15, 0.2) is 5.01 Å². The van der Waals surface area contributed by atoms with Gasteiger partial charge in [-0.3, -0.25) is 4.79 Å². The van der Waals surface area contributed by atoms with Crippen molar-refractivity contribution >= 4 is 27.3 Å². The first-order chi connectivity index (χ1) is 9.13. The summed E-state index contributed by atoms with van der Waals surface area (Å²) in [5, 5.41) is 9.87. The molecule has 2 aromatic carbocycles. The summed E-state index contributed by atoms with van der Waals surface area (Å²) in [6, 6.07) is 12.3. The summed E-state index contributed by atoms with van der Waals surface area (Å²) < 4.78 is 0.815. The molecular weight excluding hydrogens is 258 g/mol. The average molecular weight is 269 g/mol. The number of carbonyl (C=O) groups excluding carboxylic acids is 1. The summed E-state index contributed by atoms with van der Waals surface area (Å²) in [4.78, 5) is 16.6. The van der Waals surface area contributed by atoms with Gasteiger partial charge >= 0.3 is 0 Å². The Kier molecular flexibility index (Phi) is 2.80. The molecule has 94 valence electrons. The number of benzene rings is 2. The highest BCUT2D eigenvalue weighted by atomic mass is 32.1. The largest absolute Gasteiger partial charge is 0.508 e. The highest BCUT2D eigenvalue weighted by Gasteiger charge is 2.14. The van der Waals surface area contributed by atoms with Gasteiger partial charge in [-0.15, -0.1) is 11.3 Å². The Labute approximate surface area is 114 Å². The van der Waals surface area contributed by atoms with E-state index >= 15 is 0 Å². The number of carbonyl (C=O) groups is 1. The third-order valence-corrected chi connectivity index (χ3v) is 3.90. The molecule has 1 N–H and O–H groups in total. The van der Waals surface area contributed by atoms with Crippen LogP contribution < -0.4 is 0 Å². The van der Waals surface area contributed by atoms with Crippen molar-refractivity contribution in [3.8, 4) is 5.75 Å². The van der Waals surface area contributed by atoms with Crippen LogP contribution in [0.2, 0.25) is 0 Å². The molecule has 3 nitrogen and oxygen atoms in total. The molecule has 0 aliphatic carbocycles. The van der Waals surface area contributed by atoms with Crippen molar-refractivity contribution in [3.63, 3.8) is 0 Å². The Bertz CT molecular complexity index is 759. The molecule has 1 heterocycles. The Balaban J connectivity index is 2.04. The number of thiazole rings is 1. The number of rotatable bonds is 2. The van der Waals surface area contributed by atoms with Gasteiger partial charge in [-0.05, 0) is 25.1 Å². The fraction of sp³-hybridized carbons (Fsp3) is 0.0667. The van der Waals surface area contributed by atoms with E-state index in [1.54, 1.807) is 30.3 Å². The molecule has 0 amide bonds. The van der Waals surface area contributed by atoms with Crippen molar-refractivity contribution in [1.82, 2.24) is 4.98 Å². The number of nitrogens with zero attached hydrogens (tertiary/aromatic N) is 1. The SMILES string of the molecule is Cc1ccc(C(=O)c2nc3ccc(O)cc3s2)cc1. The van der Waals surface area contributed by atoms with E-state index in [0.29, 0.717) is 10.6 Å². The molecule has 0 fully saturated rings. The number of hydrogen-bond donors (Lipinski definition) is 1. The summed E-state index contributed by atoms with van der Waals surface area (Å²) in [7, 11) is 0. The predicted molar refractivity (Wildman–Crippen MR) is 75.9 cm³/mol. The van der Waals surface area contributed by atoms with Crippen LogP contribution in [0.1, 0.15) is 20.9 Å². The van der Waals surface area contributed by atoms with Crippen LogP contribution in [-0.2, 0) is 0 Å². The zero-order valence-corrected chi connectivity index (χ0v) is 11.1. The number of hydrogen-bond acceptors (Lipinski definition) is 4. The van der Waals surface area contributed by atoms with Crippen molar-refractivity contribution in [3.05, 3.63) is 58.6 Å². The molecular formula is C15H11NO2S. The molecule has 4 heteroatoms. The summed E-state index contributed by atoms with van der Waals surface area (Å²) in [5.74, 6) is 0.103. The number of aromatic hydroxyl groups is 1. The molecule has 0 saturated heterocycles. The molecule has 1 aromatic heterocycles. The van der Waals surface area contributed by atoms with Gasteiger partial charge in [0, 0.05) is 5.56 Å². The predicted octanol–water partition coefficient (Wildman–Crippen LogP) is 3.54. The lowest BCUT2D eigenvalue weighted by Crippen LogP contribution is -1.99. The molecule has 3 aromatic rings. The standard InChI is InChI=1S/C15H11NO2S/c1-9-2-4-10(5-3-9)14(18)15-16-12-7-6-11(17)8-13(12)19-15/h2-8,17H,1H3. The molecule has 0 spiro atoms. The van der Waals surface area contributed by atoms with Crippen LogP contribution in [0.4, 0.5) is 0 Å². The zero-order valence-electron chi connectivity index (χ0n) is 10.3. The molecule has 0 unspecified atom stereocenters. The Morgan fingerprint density at radius 3 is 2.63 bits per heavy atom. The minimum atomic E-state index is -0.0827. The number of ketones is 1. The lowest BCUT2D eigenvalue weighted by atomic mass is 10.1. The van der Waals surface area contributed by atoms with E-state index in [4.69, 9.17) is 0 Å². The quantitative estimate of drug-likeness (QED) is 0.724. The first-order valence-electron chi connectivity index (χ1n) is 5.84. The van der Waals surface area contributed by atoms with Crippen LogP contribution in [0.3, 0.4) is 0 Å². The van der Waals surface area contributed by atoms with Crippen LogP contribution in [0.15, 0.2) is 42.5 Å². The summed E-state index contributed by atoms with van der Waals surface area (Å²) in [6.07, 6.45) is 0. The molecule has 0 atom stereocenters. The smallest absolute Gasteiger partial charge is 0.221 e. The lowest BCUT2D eigenvalue weighted by Gasteiger charge is -1.97. The Morgan fingerprint density at radius 1 is 1.16 bits per heavy atom. The van der Waals surface area contributed by atoms with E-state index in [1.807, 2.05) is 19.1 Å². The van der Waals surface area contributed by atoms with Crippen molar-refractivity contribution in [2.24, 2.45) is 0 Å². The molecule has 0 bridgehead atoms. The van der Waals surface area contributed by atoms with Crippen molar-refractivity contribution in [2.45, 2.75) is 6.92 Å². The number of phenolic OH excluding ortho intramolecular Hbond substituents is 1. The second-order valence-electron chi connectivity index (χ2n) is 4.37. The number of phenols is 1. The fourth-order valence-corrected chi connectivity index (χ4v) is 2.80. The second-order valence-corrected chi connectivity index (χ2v) is 5.40. The number of aryl methyl sites for hydroxylation is 1. The van der Waals surface area contributed by atoms with Crippen molar-refractivity contribution < 1.29 is 9.90 Å². The van der Waals surface area contributed by atoms with E-state index in [-0.39, 0.29) is 11.5 Å². The maximum atomic E-state index is 12.3. The molecule has 0 aliphatic heterocycles. The fourth-order valence-electron chi connectivity index (χ4n) is 1.84. The van der Waals surface area contributed by atoms with Crippen LogP contribution >= 0.6 is 11.3 Å². The third kappa shape index (κ3) is 2.22. The minimum Gasteiger partial charge on any atom is -0.508 e. The molecule has 0 saturated carbocycles. The minimum absolute atomic E-state index is 0.0827. The lowest BCUT2D eigenvalue weighted by molar-refractivity contribution is 0.103. The highest BCUT2D eigenvalue weighted by Crippen LogP contribution is 2.27. The first kappa shape index (κ1) is 11.9. The highest BCUT2D eigenvalue weighted by molar-refractivity contribution is 7.20. The average Bonchev–Trinajstić information content (AvgIpc) is 2.81. The molecule has 0 aliphatic rings. The summed E-state index contributed by atoms with van der Waals surface area (Å²) in [5.41, 5.74) is 2.48. The first-order valence-corrected chi connectivity index (χ1v) is 6.66. The number of fused-ring (bicyclic) bond motifs is 1. The van der Waals surface area contributed by atoms with Gasteiger partial charge in [0.1, 0.15) is 5.75 Å². The monoisotopic (exact) mass is 269 g/mol. The van der Waals surface area contributed by atoms with Crippen LogP contribution in [0, 0.1) is 6.92 Å². The van der Waals surface area contributed by atoms with Crippen molar-refractivity contribution in [1.29, 1.82) is 0 Å². The third-order valence-electron chi connectivity index (χ3n) is 2.88. The molecule has 19 heavy (non-hydrogen) atoms. The van der Waals surface area contributed by atoms with Gasteiger partial charge in [-0.2, -0.15) is 0 Å². The van der Waals surface area contributed by atoms with Crippen LogP contribution in [-0.4, -0.2) is 15.9 Å². The second kappa shape index (κ2) is 4.48. The molecule has 0 radical (unpaired) electrons. The summed E-state index contributed by atoms with van der Waals surface area (Å²) in [6.45, 7) is 1.98. The normalized spacial score (nSPS) is 10.8. The van der Waals surface area contributed by atoms with Gasteiger partial charge in [-0.1, -0.05) is 29.8 Å². The Hall–Kier alpha value is -2.20. The maximum absolute atomic E-state index is 12.3. The van der Waals surface area contributed by atoms with Crippen LogP contribution in [0.25, 0.3) is 10.2 Å². The van der Waals surface area contributed by atoms with Crippen LogP contribution in [0.5, 0.6) is 5.75 Å². The topological polar surface area (TPSA) is 50.2 Å². The van der Waals surface area contributed by atoms with E-state index in [2.05, 4.69) is 4.98 Å². The van der Waals surface area contributed by atoms with Gasteiger partial charge in [0.25, 0.3) is 0 Å². The van der Waals surface area contributed by atoms with Gasteiger partial charge < -0.3 is 5.11 Å².